The molecule has 51 heavy (non-hydrogen) atoms. The predicted octanol–water partition coefficient (Wildman–Crippen LogP) is -0.989. The summed E-state index contributed by atoms with van der Waals surface area (Å²) in [5, 5.41) is 70.1. The van der Waals surface area contributed by atoms with Gasteiger partial charge in [-0.15, -0.1) is 0 Å². The number of aliphatic hydroxyl groups excluding tert-OH is 3. The lowest BCUT2D eigenvalue weighted by Crippen LogP contribution is -2.53. The molecular formula is C34H38N4O13. The molecule has 0 radical (unpaired) electrons. The predicted molar refractivity (Wildman–Crippen MR) is 174 cm³/mol. The first-order chi connectivity index (χ1) is 24.2. The van der Waals surface area contributed by atoms with Gasteiger partial charge in [-0.25, -0.2) is 5.43 Å². The SMILES string of the molecule is COc1cccc2c1C(=O)c1c(O)c3c(c(O)c1C2=O)CC(O)(/C(CO)=N/NC(=O)CCN1C(=O)C=CC1O)CC3OC1CC(N)C(O)C(C)O1. The minimum absolute atomic E-state index is 0.0316. The van der Waals surface area contributed by atoms with Gasteiger partial charge in [-0.3, -0.25) is 19.2 Å². The highest BCUT2D eigenvalue weighted by Gasteiger charge is 2.49. The number of phenolic OH excluding ortho intramolecular Hbond substituents is 2. The summed E-state index contributed by atoms with van der Waals surface area (Å²) in [6.45, 7) is 0.492. The van der Waals surface area contributed by atoms with E-state index in [0.717, 1.165) is 11.0 Å². The van der Waals surface area contributed by atoms with Crippen LogP contribution in [0.1, 0.15) is 75.3 Å². The Hall–Kier alpha value is -4.75. The van der Waals surface area contributed by atoms with Gasteiger partial charge in [0, 0.05) is 61.0 Å². The van der Waals surface area contributed by atoms with E-state index in [1.807, 2.05) is 0 Å². The molecule has 2 aromatic carbocycles. The number of phenols is 2. The normalized spacial score (nSPS) is 28.7. The van der Waals surface area contributed by atoms with Crippen molar-refractivity contribution >= 4 is 29.1 Å². The number of aromatic hydroxyl groups is 2. The summed E-state index contributed by atoms with van der Waals surface area (Å²) in [4.78, 5) is 53.3. The molecule has 4 aliphatic rings. The highest BCUT2D eigenvalue weighted by Crippen LogP contribution is 2.52. The smallest absolute Gasteiger partial charge is 0.248 e. The maximum Gasteiger partial charge on any atom is 0.248 e. The summed E-state index contributed by atoms with van der Waals surface area (Å²) in [5.41, 5.74) is 4.15. The molecule has 7 atom stereocenters. The van der Waals surface area contributed by atoms with Gasteiger partial charge in [0.2, 0.25) is 17.6 Å². The van der Waals surface area contributed by atoms with Gasteiger partial charge in [0.1, 0.15) is 29.1 Å². The first-order valence-electron chi connectivity index (χ1n) is 16.2. The third-order valence-electron chi connectivity index (χ3n) is 9.74. The van der Waals surface area contributed by atoms with Gasteiger partial charge in [0.05, 0.1) is 54.4 Å². The highest BCUT2D eigenvalue weighted by atomic mass is 16.7. The zero-order chi connectivity index (χ0) is 36.9. The van der Waals surface area contributed by atoms with E-state index in [-0.39, 0.29) is 47.4 Å². The van der Waals surface area contributed by atoms with Crippen molar-refractivity contribution in [1.82, 2.24) is 10.3 Å². The Morgan fingerprint density at radius 1 is 1.14 bits per heavy atom. The van der Waals surface area contributed by atoms with Crippen molar-refractivity contribution in [3.63, 3.8) is 0 Å². The lowest BCUT2D eigenvalue weighted by Gasteiger charge is -2.43. The number of hydrogen-bond donors (Lipinski definition) is 8. The molecule has 17 heteroatoms. The van der Waals surface area contributed by atoms with Crippen LogP contribution < -0.4 is 15.9 Å². The second kappa shape index (κ2) is 13.8. The first kappa shape index (κ1) is 36.1. The van der Waals surface area contributed by atoms with Crippen LogP contribution in [0.5, 0.6) is 17.2 Å². The van der Waals surface area contributed by atoms with E-state index >= 15 is 0 Å². The number of benzene rings is 2. The lowest BCUT2D eigenvalue weighted by molar-refractivity contribution is -0.245. The highest BCUT2D eigenvalue weighted by molar-refractivity contribution is 6.31. The zero-order valence-corrected chi connectivity index (χ0v) is 27.6. The number of ketones is 2. The fraction of sp³-hybridized carbons (Fsp3) is 0.441. The van der Waals surface area contributed by atoms with Crippen LogP contribution in [-0.2, 0) is 25.5 Å². The molecule has 2 aliphatic heterocycles. The molecule has 2 aliphatic carbocycles. The Bertz CT molecular complexity index is 1850. The van der Waals surface area contributed by atoms with Gasteiger partial charge >= 0.3 is 0 Å². The van der Waals surface area contributed by atoms with Crippen LogP contribution in [0, 0.1) is 0 Å². The number of hydrogen-bond acceptors (Lipinski definition) is 15. The maximum absolute atomic E-state index is 13.9. The van der Waals surface area contributed by atoms with E-state index in [4.69, 9.17) is 19.9 Å². The fourth-order valence-corrected chi connectivity index (χ4v) is 7.05. The average Bonchev–Trinajstić information content (AvgIpc) is 3.42. The monoisotopic (exact) mass is 710 g/mol. The third-order valence-corrected chi connectivity index (χ3v) is 9.74. The topological polar surface area (TPSA) is 271 Å². The van der Waals surface area contributed by atoms with E-state index in [2.05, 4.69) is 10.5 Å². The standard InChI is InChI=1S/C34H38N4O13/c1-14-29(43)17(35)10-24(50-14)51-19-12-34(48,20(13-39)36-37-21(40)8-9-38-22(41)6-7-23(38)42)11-16-26(19)33(47)28-27(31(16)45)30(44)15-4-3-5-18(49-2)25(15)32(28)46/h3-7,14,17,19,22,24,29,39,41,43,45,47-48H,8-13,35H2,1-2H3,(H,37,40)/b36-20+. The second-order valence-corrected chi connectivity index (χ2v) is 12.9. The molecule has 0 aromatic heterocycles. The summed E-state index contributed by atoms with van der Waals surface area (Å²) in [7, 11) is 1.31. The van der Waals surface area contributed by atoms with E-state index < -0.39 is 114 Å². The van der Waals surface area contributed by atoms with Crippen molar-refractivity contribution in [2.24, 2.45) is 10.8 Å². The largest absolute Gasteiger partial charge is 0.507 e. The van der Waals surface area contributed by atoms with Gasteiger partial charge in [-0.05, 0) is 19.1 Å². The molecule has 2 aromatic rings. The van der Waals surface area contributed by atoms with Crippen molar-refractivity contribution in [2.45, 2.75) is 75.1 Å². The van der Waals surface area contributed by atoms with Crippen molar-refractivity contribution < 1.29 is 64.0 Å². The van der Waals surface area contributed by atoms with Gasteiger partial charge in [-0.1, -0.05) is 12.1 Å². The summed E-state index contributed by atoms with van der Waals surface area (Å²) >= 11 is 0. The molecule has 2 heterocycles. The van der Waals surface area contributed by atoms with Crippen LogP contribution in [0.25, 0.3) is 0 Å². The van der Waals surface area contributed by atoms with Crippen LogP contribution in [0.4, 0.5) is 0 Å². The number of fused-ring (bicyclic) bond motifs is 3. The molecule has 0 spiro atoms. The third kappa shape index (κ3) is 6.26. The molecule has 17 nitrogen and oxygen atoms in total. The van der Waals surface area contributed by atoms with Gasteiger partial charge < -0.3 is 55.5 Å². The van der Waals surface area contributed by atoms with Crippen molar-refractivity contribution in [3.8, 4) is 17.2 Å². The number of hydrazone groups is 1. The molecule has 0 saturated carbocycles. The number of nitrogens with zero attached hydrogens (tertiary/aromatic N) is 2. The maximum atomic E-state index is 13.9. The minimum Gasteiger partial charge on any atom is -0.507 e. The number of nitrogens with one attached hydrogen (secondary N) is 1. The molecule has 7 unspecified atom stereocenters. The molecule has 272 valence electrons. The summed E-state index contributed by atoms with van der Waals surface area (Å²) < 4.78 is 17.3. The number of nitrogens with two attached hydrogens (primary N) is 1. The second-order valence-electron chi connectivity index (χ2n) is 12.9. The number of amides is 2. The summed E-state index contributed by atoms with van der Waals surface area (Å²) in [6.07, 6.45) is -4.48. The minimum atomic E-state index is -2.20. The molecule has 1 saturated heterocycles. The Kier molecular flexibility index (Phi) is 9.73. The van der Waals surface area contributed by atoms with Crippen molar-refractivity contribution in [1.29, 1.82) is 0 Å². The molecule has 6 rings (SSSR count). The van der Waals surface area contributed by atoms with Crippen LogP contribution in [0.15, 0.2) is 35.5 Å². The van der Waals surface area contributed by atoms with E-state index in [1.54, 1.807) is 6.92 Å². The molecular weight excluding hydrogens is 672 g/mol. The molecule has 0 bridgehead atoms. The number of methoxy groups -OCH3 is 1. The van der Waals surface area contributed by atoms with E-state index in [9.17, 15) is 49.8 Å². The number of carbonyl (C=O) groups excluding carboxylic acids is 4. The number of rotatable bonds is 9. The van der Waals surface area contributed by atoms with E-state index in [0.29, 0.717) is 0 Å². The van der Waals surface area contributed by atoms with Crippen LogP contribution >= 0.6 is 0 Å². The number of ether oxygens (including phenoxy) is 3. The lowest BCUT2D eigenvalue weighted by atomic mass is 9.71. The average molecular weight is 711 g/mol. The Balaban J connectivity index is 1.39. The Morgan fingerprint density at radius 2 is 1.86 bits per heavy atom. The van der Waals surface area contributed by atoms with E-state index in [1.165, 1.54) is 31.4 Å². The van der Waals surface area contributed by atoms with Gasteiger partial charge in [0.15, 0.2) is 12.1 Å². The first-order valence-corrected chi connectivity index (χ1v) is 16.2. The summed E-state index contributed by atoms with van der Waals surface area (Å²) in [6, 6.07) is 3.54. The number of aliphatic hydroxyl groups is 4. The molecule has 2 amide bonds. The van der Waals surface area contributed by atoms with Gasteiger partial charge in [-0.2, -0.15) is 5.10 Å². The van der Waals surface area contributed by atoms with Crippen LogP contribution in [0.3, 0.4) is 0 Å². The number of carbonyl (C=O) groups is 4. The van der Waals surface area contributed by atoms with Crippen LogP contribution in [-0.4, -0.2) is 121 Å². The Morgan fingerprint density at radius 3 is 2.51 bits per heavy atom. The zero-order valence-electron chi connectivity index (χ0n) is 27.6. The van der Waals surface area contributed by atoms with Crippen molar-refractivity contribution in [2.75, 3.05) is 20.3 Å². The summed E-state index contributed by atoms with van der Waals surface area (Å²) in [5.74, 6) is -4.19. The van der Waals surface area contributed by atoms with Crippen LogP contribution in [0.2, 0.25) is 0 Å². The fourth-order valence-electron chi connectivity index (χ4n) is 7.05. The Labute approximate surface area is 290 Å². The van der Waals surface area contributed by atoms with Gasteiger partial charge in [0.25, 0.3) is 0 Å². The van der Waals surface area contributed by atoms with Crippen molar-refractivity contribution in [3.05, 3.63) is 63.7 Å². The molecule has 9 N–H and O–H groups in total. The molecule has 1 fully saturated rings. The quantitative estimate of drug-likeness (QED) is 0.0753.